The molecule has 0 bridgehead atoms. The number of nitrogens with zero attached hydrogens (tertiary/aromatic N) is 1. The van der Waals surface area contributed by atoms with Gasteiger partial charge in [0.1, 0.15) is 5.76 Å². The first-order valence-electron chi connectivity index (χ1n) is 5.28. The molecule has 0 fully saturated rings. The van der Waals surface area contributed by atoms with Crippen molar-refractivity contribution in [2.45, 2.75) is 19.3 Å². The molecule has 2 nitrogen and oxygen atoms in total. The lowest BCUT2D eigenvalue weighted by atomic mass is 9.93. The Morgan fingerprint density at radius 1 is 1.25 bits per heavy atom. The molecule has 1 atom stereocenters. The van der Waals surface area contributed by atoms with Gasteiger partial charge in [0.05, 0.1) is 18.3 Å². The van der Waals surface area contributed by atoms with E-state index >= 15 is 0 Å². The zero-order chi connectivity index (χ0) is 11.4. The molecule has 0 aliphatic carbocycles. The molecule has 0 amide bonds. The summed E-state index contributed by atoms with van der Waals surface area (Å²) < 4.78 is 5.38. The quantitative estimate of drug-likeness (QED) is 0.777. The Balaban J connectivity index is 2.33. The standard InChI is InChI=1S/C14H13NO/c1-11-4-6-12(7-5-11)13(8-9-15)14-3-2-10-16-14/h2-7,10,13H,8H2,1H3/t13-/m0/s1. The highest BCUT2D eigenvalue weighted by Gasteiger charge is 2.16. The SMILES string of the molecule is Cc1ccc([C@H](CC#N)c2ccco2)cc1. The van der Waals surface area contributed by atoms with Gasteiger partial charge in [0.2, 0.25) is 0 Å². The summed E-state index contributed by atoms with van der Waals surface area (Å²) in [5, 5.41) is 8.86. The lowest BCUT2D eigenvalue weighted by molar-refractivity contribution is 0.487. The van der Waals surface area contributed by atoms with Crippen LogP contribution in [0.1, 0.15) is 29.2 Å². The maximum atomic E-state index is 8.86. The molecule has 0 saturated carbocycles. The fraction of sp³-hybridized carbons (Fsp3) is 0.214. The first kappa shape index (κ1) is 10.5. The minimum atomic E-state index is 0.0422. The fourth-order valence-corrected chi connectivity index (χ4v) is 1.76. The number of nitriles is 1. The summed E-state index contributed by atoms with van der Waals surface area (Å²) in [4.78, 5) is 0. The monoisotopic (exact) mass is 211 g/mol. The highest BCUT2D eigenvalue weighted by Crippen LogP contribution is 2.28. The topological polar surface area (TPSA) is 36.9 Å². The molecule has 1 aromatic heterocycles. The molecular weight excluding hydrogens is 198 g/mol. The van der Waals surface area contributed by atoms with E-state index in [1.165, 1.54) is 5.56 Å². The van der Waals surface area contributed by atoms with Gasteiger partial charge in [0.25, 0.3) is 0 Å². The third-order valence-electron chi connectivity index (χ3n) is 2.66. The van der Waals surface area contributed by atoms with Gasteiger partial charge < -0.3 is 4.42 Å². The van der Waals surface area contributed by atoms with E-state index in [1.807, 2.05) is 12.1 Å². The van der Waals surface area contributed by atoms with E-state index in [4.69, 9.17) is 9.68 Å². The Morgan fingerprint density at radius 3 is 2.56 bits per heavy atom. The molecule has 0 N–H and O–H groups in total. The van der Waals surface area contributed by atoms with E-state index in [-0.39, 0.29) is 5.92 Å². The van der Waals surface area contributed by atoms with E-state index in [2.05, 4.69) is 37.3 Å². The van der Waals surface area contributed by atoms with Gasteiger partial charge in [-0.25, -0.2) is 0 Å². The number of furan rings is 1. The molecule has 0 aliphatic heterocycles. The van der Waals surface area contributed by atoms with E-state index in [0.29, 0.717) is 6.42 Å². The lowest BCUT2D eigenvalue weighted by Gasteiger charge is -2.11. The van der Waals surface area contributed by atoms with E-state index < -0.39 is 0 Å². The van der Waals surface area contributed by atoms with Crippen LogP contribution >= 0.6 is 0 Å². The molecule has 80 valence electrons. The molecule has 2 aromatic rings. The van der Waals surface area contributed by atoms with Crippen LogP contribution in [-0.2, 0) is 0 Å². The van der Waals surface area contributed by atoms with Crippen molar-refractivity contribution < 1.29 is 4.42 Å². The summed E-state index contributed by atoms with van der Waals surface area (Å²) in [7, 11) is 0. The third-order valence-corrected chi connectivity index (χ3v) is 2.66. The predicted molar refractivity (Wildman–Crippen MR) is 62.0 cm³/mol. The highest BCUT2D eigenvalue weighted by atomic mass is 16.3. The summed E-state index contributed by atoms with van der Waals surface area (Å²) in [5.41, 5.74) is 2.35. The molecule has 0 unspecified atom stereocenters. The van der Waals surface area contributed by atoms with Crippen LogP contribution in [0.2, 0.25) is 0 Å². The molecule has 2 rings (SSSR count). The van der Waals surface area contributed by atoms with Crippen molar-refractivity contribution in [3.63, 3.8) is 0 Å². The van der Waals surface area contributed by atoms with Gasteiger partial charge in [-0.15, -0.1) is 0 Å². The van der Waals surface area contributed by atoms with E-state index in [9.17, 15) is 0 Å². The summed E-state index contributed by atoms with van der Waals surface area (Å²) >= 11 is 0. The maximum absolute atomic E-state index is 8.86. The normalized spacial score (nSPS) is 12.0. The second-order valence-corrected chi connectivity index (χ2v) is 3.84. The second-order valence-electron chi connectivity index (χ2n) is 3.84. The minimum absolute atomic E-state index is 0.0422. The van der Waals surface area contributed by atoms with E-state index in [0.717, 1.165) is 11.3 Å². The average Bonchev–Trinajstić information content (AvgIpc) is 2.81. The summed E-state index contributed by atoms with van der Waals surface area (Å²) in [6.45, 7) is 2.05. The molecule has 0 spiro atoms. The van der Waals surface area contributed by atoms with E-state index in [1.54, 1.807) is 6.26 Å². The summed E-state index contributed by atoms with van der Waals surface area (Å²) in [5.74, 6) is 0.894. The molecular formula is C14H13NO. The van der Waals surface area contributed by atoms with Crippen molar-refractivity contribution in [1.82, 2.24) is 0 Å². The van der Waals surface area contributed by atoms with Gasteiger partial charge in [-0.05, 0) is 24.6 Å². The molecule has 2 heteroatoms. The fourth-order valence-electron chi connectivity index (χ4n) is 1.76. The van der Waals surface area contributed by atoms with Crippen LogP contribution in [0, 0.1) is 18.3 Å². The number of hydrogen-bond donors (Lipinski definition) is 0. The van der Waals surface area contributed by atoms with Gasteiger partial charge in [0.15, 0.2) is 0 Å². The molecule has 1 aromatic carbocycles. The summed E-state index contributed by atoms with van der Waals surface area (Å²) in [6, 6.07) is 14.2. The van der Waals surface area contributed by atoms with Crippen LogP contribution in [0.5, 0.6) is 0 Å². The largest absolute Gasteiger partial charge is 0.469 e. The number of aryl methyl sites for hydroxylation is 1. The van der Waals surface area contributed by atoms with Crippen molar-refractivity contribution >= 4 is 0 Å². The smallest absolute Gasteiger partial charge is 0.112 e. The number of rotatable bonds is 3. The van der Waals surface area contributed by atoms with Gasteiger partial charge in [-0.3, -0.25) is 0 Å². The first-order valence-corrected chi connectivity index (χ1v) is 5.28. The number of hydrogen-bond acceptors (Lipinski definition) is 2. The molecule has 0 radical (unpaired) electrons. The van der Waals surface area contributed by atoms with Crippen molar-refractivity contribution in [1.29, 1.82) is 5.26 Å². The maximum Gasteiger partial charge on any atom is 0.112 e. The third kappa shape index (κ3) is 2.14. The van der Waals surface area contributed by atoms with Gasteiger partial charge >= 0.3 is 0 Å². The second kappa shape index (κ2) is 4.67. The van der Waals surface area contributed by atoms with Gasteiger partial charge in [-0.2, -0.15) is 5.26 Å². The number of benzene rings is 1. The van der Waals surface area contributed by atoms with Crippen LogP contribution in [0.3, 0.4) is 0 Å². The lowest BCUT2D eigenvalue weighted by Crippen LogP contribution is -1.98. The van der Waals surface area contributed by atoms with Crippen molar-refractivity contribution in [3.05, 3.63) is 59.5 Å². The van der Waals surface area contributed by atoms with Crippen LogP contribution in [0.25, 0.3) is 0 Å². The van der Waals surface area contributed by atoms with Crippen LogP contribution < -0.4 is 0 Å². The van der Waals surface area contributed by atoms with Crippen LogP contribution in [-0.4, -0.2) is 0 Å². The molecule has 0 saturated heterocycles. The van der Waals surface area contributed by atoms with Crippen molar-refractivity contribution in [2.24, 2.45) is 0 Å². The Labute approximate surface area is 95.1 Å². The molecule has 0 aliphatic rings. The molecule has 16 heavy (non-hydrogen) atoms. The van der Waals surface area contributed by atoms with Crippen molar-refractivity contribution in [3.8, 4) is 6.07 Å². The zero-order valence-corrected chi connectivity index (χ0v) is 9.18. The van der Waals surface area contributed by atoms with Gasteiger partial charge in [0, 0.05) is 6.42 Å². The van der Waals surface area contributed by atoms with Gasteiger partial charge in [-0.1, -0.05) is 29.8 Å². The Hall–Kier alpha value is -2.01. The minimum Gasteiger partial charge on any atom is -0.469 e. The van der Waals surface area contributed by atoms with Crippen molar-refractivity contribution in [2.75, 3.05) is 0 Å². The Bertz CT molecular complexity index is 476. The van der Waals surface area contributed by atoms with Crippen LogP contribution in [0.4, 0.5) is 0 Å². The Morgan fingerprint density at radius 2 is 2.00 bits per heavy atom. The Kier molecular flexibility index (Phi) is 3.07. The highest BCUT2D eigenvalue weighted by molar-refractivity contribution is 5.30. The molecule has 1 heterocycles. The van der Waals surface area contributed by atoms with Crippen LogP contribution in [0.15, 0.2) is 47.1 Å². The first-order chi connectivity index (χ1) is 7.81. The summed E-state index contributed by atoms with van der Waals surface area (Å²) in [6.07, 6.45) is 2.09. The predicted octanol–water partition coefficient (Wildman–Crippen LogP) is 3.63. The average molecular weight is 211 g/mol. The zero-order valence-electron chi connectivity index (χ0n) is 9.18.